The van der Waals surface area contributed by atoms with Crippen LogP contribution < -0.4 is 0 Å². The van der Waals surface area contributed by atoms with E-state index in [-0.39, 0.29) is 37.5 Å². The van der Waals surface area contributed by atoms with Gasteiger partial charge in [-0.1, -0.05) is 283 Å². The number of hydrogen-bond donors (Lipinski definition) is 0. The summed E-state index contributed by atoms with van der Waals surface area (Å²) < 4.78 is 16.9. The van der Waals surface area contributed by atoms with Crippen LogP contribution in [0.15, 0.2) is 134 Å². The molecule has 0 rings (SSSR count). The van der Waals surface area contributed by atoms with Gasteiger partial charge in [0, 0.05) is 19.3 Å². The highest BCUT2D eigenvalue weighted by Gasteiger charge is 2.19. The molecule has 0 heterocycles. The first-order chi connectivity index (χ1) is 40.0. The van der Waals surface area contributed by atoms with Gasteiger partial charge in [-0.2, -0.15) is 0 Å². The molecule has 0 aliphatic carbocycles. The molecule has 0 radical (unpaired) electrons. The third-order valence-electron chi connectivity index (χ3n) is 14.1. The SMILES string of the molecule is CC/C=C\C/C=C\C/C=C\C/C=C\C/C=C\C/C=C\C/C=C\C/C=C\C/C=C\CCCC(=O)OCC(COC(=O)CCCCCCC/C=C\CCCCCC)OC(=O)CCCCCCCCCCC/C=C\CCCCCCCCCC. The Hall–Kier alpha value is -4.45. The maximum atomic E-state index is 12.9. The van der Waals surface area contributed by atoms with Gasteiger partial charge in [-0.05, 0) is 135 Å². The molecule has 0 aromatic carbocycles. The van der Waals surface area contributed by atoms with Crippen molar-refractivity contribution in [1.82, 2.24) is 0 Å². The van der Waals surface area contributed by atoms with Crippen molar-refractivity contribution >= 4 is 17.9 Å². The number of ether oxygens (including phenoxy) is 3. The first kappa shape index (κ1) is 76.5. The van der Waals surface area contributed by atoms with E-state index < -0.39 is 6.10 Å². The molecule has 0 N–H and O–H groups in total. The summed E-state index contributed by atoms with van der Waals surface area (Å²) in [5.74, 6) is -0.971. The molecule has 0 bridgehead atoms. The Morgan fingerprint density at radius 1 is 0.259 bits per heavy atom. The van der Waals surface area contributed by atoms with Gasteiger partial charge in [0.2, 0.25) is 0 Å². The minimum absolute atomic E-state index is 0.103. The second-order valence-electron chi connectivity index (χ2n) is 22.0. The van der Waals surface area contributed by atoms with Crippen molar-refractivity contribution in [2.75, 3.05) is 13.2 Å². The van der Waals surface area contributed by atoms with E-state index in [0.29, 0.717) is 19.3 Å². The van der Waals surface area contributed by atoms with Crippen molar-refractivity contribution in [1.29, 1.82) is 0 Å². The second kappa shape index (κ2) is 68.1. The molecule has 6 heteroatoms. The molecule has 81 heavy (non-hydrogen) atoms. The third kappa shape index (κ3) is 66.2. The highest BCUT2D eigenvalue weighted by atomic mass is 16.6. The first-order valence-corrected chi connectivity index (χ1v) is 33.7. The number of carbonyl (C=O) groups is 3. The maximum absolute atomic E-state index is 12.9. The van der Waals surface area contributed by atoms with Crippen molar-refractivity contribution in [3.63, 3.8) is 0 Å². The van der Waals surface area contributed by atoms with E-state index in [0.717, 1.165) is 116 Å². The lowest BCUT2D eigenvalue weighted by Gasteiger charge is -2.18. The van der Waals surface area contributed by atoms with Gasteiger partial charge in [0.1, 0.15) is 13.2 Å². The van der Waals surface area contributed by atoms with E-state index >= 15 is 0 Å². The smallest absolute Gasteiger partial charge is 0.306 e. The summed E-state index contributed by atoms with van der Waals surface area (Å²) in [6, 6.07) is 0. The Labute approximate surface area is 500 Å². The van der Waals surface area contributed by atoms with Crippen LogP contribution in [0.1, 0.15) is 303 Å². The zero-order chi connectivity index (χ0) is 58.5. The molecule has 1 atom stereocenters. The highest BCUT2D eigenvalue weighted by molar-refractivity contribution is 5.71. The lowest BCUT2D eigenvalue weighted by Crippen LogP contribution is -2.30. The van der Waals surface area contributed by atoms with Gasteiger partial charge in [-0.15, -0.1) is 0 Å². The number of esters is 3. The fraction of sp³-hybridized carbons (Fsp3) is 0.667. The predicted molar refractivity (Wildman–Crippen MR) is 353 cm³/mol. The van der Waals surface area contributed by atoms with Crippen LogP contribution in [0.4, 0.5) is 0 Å². The summed E-state index contributed by atoms with van der Waals surface area (Å²) in [4.78, 5) is 38.3. The molecule has 0 aliphatic heterocycles. The fourth-order valence-electron chi connectivity index (χ4n) is 9.08. The number of hydrogen-bond acceptors (Lipinski definition) is 6. The molecular weight excluding hydrogens is 997 g/mol. The van der Waals surface area contributed by atoms with E-state index in [9.17, 15) is 14.4 Å². The summed E-state index contributed by atoms with van der Waals surface area (Å²) in [5.41, 5.74) is 0. The van der Waals surface area contributed by atoms with E-state index in [4.69, 9.17) is 14.2 Å². The largest absolute Gasteiger partial charge is 0.462 e. The van der Waals surface area contributed by atoms with Gasteiger partial charge >= 0.3 is 17.9 Å². The Bertz CT molecular complexity index is 1720. The number of rotatable bonds is 60. The van der Waals surface area contributed by atoms with Crippen LogP contribution in [-0.2, 0) is 28.6 Å². The van der Waals surface area contributed by atoms with Crippen LogP contribution in [0.5, 0.6) is 0 Å². The summed E-state index contributed by atoms with van der Waals surface area (Å²) in [6.45, 7) is 6.47. The standard InChI is InChI=1S/C75H124O6/c1-4-7-10-13-16-19-22-25-27-29-31-33-34-35-36-37-38-39-40-42-43-45-47-50-53-56-59-62-65-68-74(77)80-71-72(70-79-73(76)67-64-61-58-55-52-49-24-21-18-15-12-9-6-3)81-75(78)69-66-63-60-57-54-51-48-46-44-41-32-30-28-26-23-20-17-14-11-8-5-2/h7,10,16,19,21,24-25,27,30-33,35-36,38-39,42-43,47,50,56,59,72H,4-6,8-9,11-15,17-18,20,22-23,26,28-29,34,37,40-41,44-46,48-49,51-55,57-58,60-71H2,1-3H3/b10-7-,19-16-,24-21-,27-25-,32-30-,33-31-,36-35-,39-38-,43-42-,50-47-,59-56-. The first-order valence-electron chi connectivity index (χ1n) is 33.7. The van der Waals surface area contributed by atoms with Crippen molar-refractivity contribution in [3.8, 4) is 0 Å². The number of allylic oxidation sites excluding steroid dienone is 22. The quantitative estimate of drug-likeness (QED) is 0.0261. The topological polar surface area (TPSA) is 78.9 Å². The molecule has 0 saturated carbocycles. The maximum Gasteiger partial charge on any atom is 0.306 e. The van der Waals surface area contributed by atoms with Gasteiger partial charge < -0.3 is 14.2 Å². The van der Waals surface area contributed by atoms with Crippen LogP contribution in [0.2, 0.25) is 0 Å². The van der Waals surface area contributed by atoms with Gasteiger partial charge in [0.05, 0.1) is 0 Å². The summed E-state index contributed by atoms with van der Waals surface area (Å²) in [7, 11) is 0. The Kier molecular flexibility index (Phi) is 64.3. The Morgan fingerprint density at radius 2 is 0.494 bits per heavy atom. The molecule has 6 nitrogen and oxygen atoms in total. The van der Waals surface area contributed by atoms with E-state index in [1.807, 2.05) is 0 Å². The third-order valence-corrected chi connectivity index (χ3v) is 14.1. The van der Waals surface area contributed by atoms with Crippen molar-refractivity contribution < 1.29 is 28.6 Å². The molecule has 0 aromatic heterocycles. The summed E-state index contributed by atoms with van der Waals surface area (Å²) >= 11 is 0. The highest BCUT2D eigenvalue weighted by Crippen LogP contribution is 2.15. The average molecular weight is 1120 g/mol. The van der Waals surface area contributed by atoms with Crippen LogP contribution in [0.25, 0.3) is 0 Å². The molecule has 460 valence electrons. The van der Waals surface area contributed by atoms with E-state index in [1.165, 1.54) is 141 Å². The second-order valence-corrected chi connectivity index (χ2v) is 22.0. The zero-order valence-electron chi connectivity index (χ0n) is 52.8. The normalized spacial score (nSPS) is 13.0. The lowest BCUT2D eigenvalue weighted by molar-refractivity contribution is -0.167. The number of unbranched alkanes of at least 4 members (excludes halogenated alkanes) is 27. The molecule has 0 spiro atoms. The summed E-state index contributed by atoms with van der Waals surface area (Å²) in [6.07, 6.45) is 96.1. The molecule has 0 saturated heterocycles. The molecule has 0 aliphatic rings. The van der Waals surface area contributed by atoms with Crippen molar-refractivity contribution in [2.45, 2.75) is 309 Å². The minimum Gasteiger partial charge on any atom is -0.462 e. The van der Waals surface area contributed by atoms with E-state index in [1.54, 1.807) is 0 Å². The molecule has 0 fully saturated rings. The number of carbonyl (C=O) groups excluding carboxylic acids is 3. The molecular formula is C75H124O6. The van der Waals surface area contributed by atoms with Gasteiger partial charge in [0.15, 0.2) is 6.10 Å². The Balaban J connectivity index is 4.44. The molecule has 0 amide bonds. The van der Waals surface area contributed by atoms with Crippen LogP contribution in [-0.4, -0.2) is 37.2 Å². The molecule has 1 unspecified atom stereocenters. The zero-order valence-corrected chi connectivity index (χ0v) is 52.8. The fourth-order valence-corrected chi connectivity index (χ4v) is 9.08. The van der Waals surface area contributed by atoms with Crippen LogP contribution >= 0.6 is 0 Å². The van der Waals surface area contributed by atoms with Crippen molar-refractivity contribution in [2.24, 2.45) is 0 Å². The predicted octanol–water partition coefficient (Wildman–Crippen LogP) is 23.3. The van der Waals surface area contributed by atoms with E-state index in [2.05, 4.69) is 154 Å². The minimum atomic E-state index is -0.811. The lowest BCUT2D eigenvalue weighted by atomic mass is 10.1. The van der Waals surface area contributed by atoms with Crippen molar-refractivity contribution in [3.05, 3.63) is 134 Å². The van der Waals surface area contributed by atoms with Crippen LogP contribution in [0, 0.1) is 0 Å². The van der Waals surface area contributed by atoms with Crippen LogP contribution in [0.3, 0.4) is 0 Å². The average Bonchev–Trinajstić information content (AvgIpc) is 3.46. The molecule has 0 aromatic rings. The van der Waals surface area contributed by atoms with Gasteiger partial charge in [0.25, 0.3) is 0 Å². The monoisotopic (exact) mass is 1120 g/mol. The van der Waals surface area contributed by atoms with Gasteiger partial charge in [-0.25, -0.2) is 0 Å². The van der Waals surface area contributed by atoms with Gasteiger partial charge in [-0.3, -0.25) is 14.4 Å². The summed E-state index contributed by atoms with van der Waals surface area (Å²) in [5, 5.41) is 0. The Morgan fingerprint density at radius 3 is 0.827 bits per heavy atom.